The largest absolute Gasteiger partial charge is 0.402 e. The van der Waals surface area contributed by atoms with Crippen LogP contribution in [0.1, 0.15) is 29.9 Å². The highest BCUT2D eigenvalue weighted by molar-refractivity contribution is 7.99. The van der Waals surface area contributed by atoms with Crippen LogP contribution in [0.3, 0.4) is 0 Å². The zero-order valence-electron chi connectivity index (χ0n) is 16.7. The topological polar surface area (TPSA) is 87.9 Å². The van der Waals surface area contributed by atoms with Crippen LogP contribution in [0.25, 0.3) is 22.3 Å². The number of amides is 1. The van der Waals surface area contributed by atoms with Gasteiger partial charge in [-0.1, -0.05) is 5.57 Å². The van der Waals surface area contributed by atoms with Crippen LogP contribution >= 0.6 is 11.8 Å². The molecule has 0 radical (unpaired) electrons. The predicted octanol–water partition coefficient (Wildman–Crippen LogP) is 3.61. The van der Waals surface area contributed by atoms with Crippen LogP contribution in [0.5, 0.6) is 0 Å². The molecule has 0 unspecified atom stereocenters. The van der Waals surface area contributed by atoms with Crippen molar-refractivity contribution in [3.8, 4) is 11.3 Å². The van der Waals surface area contributed by atoms with Gasteiger partial charge in [0.05, 0.1) is 0 Å². The third kappa shape index (κ3) is 4.29. The molecule has 1 aliphatic heterocycles. The summed E-state index contributed by atoms with van der Waals surface area (Å²) in [6.07, 6.45) is 4.36. The first-order valence-corrected chi connectivity index (χ1v) is 10.9. The number of allylic oxidation sites excluding steroid dienone is 2. The second kappa shape index (κ2) is 8.29. The number of fused-ring (bicyclic) bond motifs is 1. The van der Waals surface area contributed by atoms with E-state index >= 15 is 0 Å². The van der Waals surface area contributed by atoms with Crippen molar-refractivity contribution in [2.24, 2.45) is 5.73 Å². The van der Waals surface area contributed by atoms with E-state index < -0.39 is 0 Å². The summed E-state index contributed by atoms with van der Waals surface area (Å²) in [6.45, 7) is 5.52. The molecule has 0 bridgehead atoms. The Kier molecular flexibility index (Phi) is 5.58. The number of nitrogens with one attached hydrogen (secondary N) is 1. The minimum absolute atomic E-state index is 0.00286. The molecule has 0 atom stereocenters. The monoisotopic (exact) mass is 407 g/mol. The second-order valence-corrected chi connectivity index (χ2v) is 8.66. The number of carbonyl (C=O) groups is 1. The SMILES string of the molecule is C/C(N)=C(\C)Cc1cnc2[nH]c(-c3ccnc(C(=O)N4CCSCC4)c3)cc2c1. The first-order valence-electron chi connectivity index (χ1n) is 9.74. The van der Waals surface area contributed by atoms with Gasteiger partial charge in [0.15, 0.2) is 0 Å². The molecule has 0 spiro atoms. The molecular formula is C22H25N5OS. The molecule has 29 heavy (non-hydrogen) atoms. The highest BCUT2D eigenvalue weighted by Crippen LogP contribution is 2.25. The zero-order valence-corrected chi connectivity index (χ0v) is 17.6. The highest BCUT2D eigenvalue weighted by atomic mass is 32.2. The lowest BCUT2D eigenvalue weighted by molar-refractivity contribution is 0.0766. The Morgan fingerprint density at radius 3 is 2.76 bits per heavy atom. The smallest absolute Gasteiger partial charge is 0.272 e. The molecule has 3 aromatic rings. The zero-order chi connectivity index (χ0) is 20.4. The van der Waals surface area contributed by atoms with Gasteiger partial charge in [0.25, 0.3) is 5.91 Å². The number of rotatable bonds is 4. The maximum atomic E-state index is 12.8. The number of aromatic nitrogens is 3. The van der Waals surface area contributed by atoms with Crippen molar-refractivity contribution < 1.29 is 4.79 Å². The summed E-state index contributed by atoms with van der Waals surface area (Å²) >= 11 is 1.88. The number of nitrogens with two attached hydrogens (primary N) is 1. The van der Waals surface area contributed by atoms with Crippen molar-refractivity contribution in [2.45, 2.75) is 20.3 Å². The van der Waals surface area contributed by atoms with Gasteiger partial charge in [-0.2, -0.15) is 11.8 Å². The van der Waals surface area contributed by atoms with Crippen LogP contribution in [0.4, 0.5) is 0 Å². The molecule has 1 fully saturated rings. The normalized spacial score (nSPS) is 15.4. The van der Waals surface area contributed by atoms with E-state index in [1.807, 2.05) is 48.8 Å². The van der Waals surface area contributed by atoms with Crippen molar-refractivity contribution in [2.75, 3.05) is 24.6 Å². The second-order valence-electron chi connectivity index (χ2n) is 7.44. The summed E-state index contributed by atoms with van der Waals surface area (Å²) in [5.41, 5.74) is 12.2. The van der Waals surface area contributed by atoms with Crippen molar-refractivity contribution in [3.05, 3.63) is 59.2 Å². The fourth-order valence-corrected chi connectivity index (χ4v) is 4.31. The van der Waals surface area contributed by atoms with Crippen LogP contribution < -0.4 is 5.73 Å². The van der Waals surface area contributed by atoms with Gasteiger partial charge >= 0.3 is 0 Å². The standard InChI is InChI=1S/C22H25N5OS/c1-14(15(2)23)9-16-10-18-12-19(26-21(18)25-13-16)17-3-4-24-20(11-17)22(28)27-5-7-29-8-6-27/h3-4,10-13H,5-9,23H2,1-2H3,(H,25,26)/b15-14-. The van der Waals surface area contributed by atoms with Crippen LogP contribution in [0, 0.1) is 0 Å². The van der Waals surface area contributed by atoms with E-state index in [-0.39, 0.29) is 5.91 Å². The van der Waals surface area contributed by atoms with E-state index in [2.05, 4.69) is 27.1 Å². The fraction of sp³-hybridized carbons (Fsp3) is 0.318. The molecule has 1 aliphatic rings. The lowest BCUT2D eigenvalue weighted by Crippen LogP contribution is -2.38. The molecule has 4 rings (SSSR count). The summed E-state index contributed by atoms with van der Waals surface area (Å²) in [5.74, 6) is 1.97. The molecule has 7 heteroatoms. The Bertz CT molecular complexity index is 1080. The Morgan fingerprint density at radius 1 is 1.21 bits per heavy atom. The van der Waals surface area contributed by atoms with Crippen molar-refractivity contribution in [1.29, 1.82) is 0 Å². The maximum Gasteiger partial charge on any atom is 0.272 e. The van der Waals surface area contributed by atoms with Crippen LogP contribution in [0.15, 0.2) is 47.9 Å². The Hall–Kier alpha value is -2.80. The molecule has 3 aromatic heterocycles. The van der Waals surface area contributed by atoms with Gasteiger partial charge in [-0.25, -0.2) is 4.98 Å². The number of aromatic amines is 1. The molecule has 6 nitrogen and oxygen atoms in total. The number of pyridine rings is 2. The Morgan fingerprint density at radius 2 is 2.00 bits per heavy atom. The summed E-state index contributed by atoms with van der Waals surface area (Å²) in [4.78, 5) is 26.9. The number of hydrogen-bond donors (Lipinski definition) is 2. The lowest BCUT2D eigenvalue weighted by atomic mass is 10.1. The number of carbonyl (C=O) groups excluding carboxylic acids is 1. The summed E-state index contributed by atoms with van der Waals surface area (Å²) in [6, 6.07) is 7.98. The molecule has 1 saturated heterocycles. The molecule has 0 saturated carbocycles. The van der Waals surface area contributed by atoms with Gasteiger partial charge < -0.3 is 15.6 Å². The van der Waals surface area contributed by atoms with E-state index in [0.29, 0.717) is 5.69 Å². The van der Waals surface area contributed by atoms with Crippen LogP contribution in [-0.2, 0) is 6.42 Å². The molecule has 0 aliphatic carbocycles. The van der Waals surface area contributed by atoms with Gasteiger partial charge in [-0.15, -0.1) is 0 Å². The number of nitrogens with zero attached hydrogens (tertiary/aromatic N) is 3. The Labute approximate surface area is 174 Å². The van der Waals surface area contributed by atoms with Gasteiger partial charge in [0.1, 0.15) is 11.3 Å². The van der Waals surface area contributed by atoms with E-state index in [1.165, 1.54) is 0 Å². The predicted molar refractivity (Wildman–Crippen MR) is 119 cm³/mol. The average molecular weight is 408 g/mol. The van der Waals surface area contributed by atoms with Gasteiger partial charge in [-0.05, 0) is 50.1 Å². The lowest BCUT2D eigenvalue weighted by Gasteiger charge is -2.26. The quantitative estimate of drug-likeness (QED) is 0.690. The van der Waals surface area contributed by atoms with E-state index in [4.69, 9.17) is 5.73 Å². The minimum atomic E-state index is 0.00286. The van der Waals surface area contributed by atoms with Crippen LogP contribution in [0.2, 0.25) is 0 Å². The van der Waals surface area contributed by atoms with Crippen molar-refractivity contribution in [3.63, 3.8) is 0 Å². The van der Waals surface area contributed by atoms with Gasteiger partial charge in [0.2, 0.25) is 0 Å². The molecule has 150 valence electrons. The minimum Gasteiger partial charge on any atom is -0.402 e. The summed E-state index contributed by atoms with van der Waals surface area (Å²) in [5, 5.41) is 1.04. The Balaban J connectivity index is 1.61. The number of thioether (sulfide) groups is 1. The first-order chi connectivity index (χ1) is 14.0. The van der Waals surface area contributed by atoms with Gasteiger partial charge in [0, 0.05) is 59.3 Å². The number of hydrogen-bond acceptors (Lipinski definition) is 5. The summed E-state index contributed by atoms with van der Waals surface area (Å²) in [7, 11) is 0. The summed E-state index contributed by atoms with van der Waals surface area (Å²) < 4.78 is 0. The van der Waals surface area contributed by atoms with Crippen LogP contribution in [-0.4, -0.2) is 50.4 Å². The highest BCUT2D eigenvalue weighted by Gasteiger charge is 2.20. The van der Waals surface area contributed by atoms with E-state index in [0.717, 1.165) is 70.1 Å². The maximum absolute atomic E-state index is 12.8. The van der Waals surface area contributed by atoms with E-state index in [9.17, 15) is 4.79 Å². The van der Waals surface area contributed by atoms with Crippen molar-refractivity contribution >= 4 is 28.7 Å². The van der Waals surface area contributed by atoms with E-state index in [1.54, 1.807) is 6.20 Å². The molecular weight excluding hydrogens is 382 g/mol. The van der Waals surface area contributed by atoms with Crippen molar-refractivity contribution in [1.82, 2.24) is 19.9 Å². The first kappa shape index (κ1) is 19.5. The third-order valence-corrected chi connectivity index (χ3v) is 6.20. The average Bonchev–Trinajstić information content (AvgIpc) is 3.17. The molecule has 1 amide bonds. The van der Waals surface area contributed by atoms with Gasteiger partial charge in [-0.3, -0.25) is 9.78 Å². The number of H-pyrrole nitrogens is 1. The third-order valence-electron chi connectivity index (χ3n) is 5.26. The molecule has 0 aromatic carbocycles. The molecule has 3 N–H and O–H groups in total. The fourth-order valence-electron chi connectivity index (χ4n) is 3.40. The molecule has 4 heterocycles.